The molecule has 0 saturated carbocycles. The van der Waals surface area contributed by atoms with Crippen molar-refractivity contribution in [2.75, 3.05) is 0 Å². The van der Waals surface area contributed by atoms with Crippen molar-refractivity contribution < 1.29 is 0 Å². The van der Waals surface area contributed by atoms with Gasteiger partial charge in [0, 0.05) is 20.8 Å². The van der Waals surface area contributed by atoms with Crippen molar-refractivity contribution in [1.29, 1.82) is 0 Å². The van der Waals surface area contributed by atoms with Crippen molar-refractivity contribution in [3.63, 3.8) is 0 Å². The smallest absolute Gasteiger partial charge is 0.124 e. The van der Waals surface area contributed by atoms with Crippen LogP contribution < -0.4 is 0 Å². The quantitative estimate of drug-likeness (QED) is 0.422. The number of thiophene rings is 1. The van der Waals surface area contributed by atoms with Crippen molar-refractivity contribution >= 4 is 48.4 Å². The summed E-state index contributed by atoms with van der Waals surface area (Å²) in [5, 5.41) is 4.53. The normalized spacial score (nSPS) is 11.2. The zero-order valence-corrected chi connectivity index (χ0v) is 12.9. The van der Waals surface area contributed by atoms with E-state index in [0.717, 1.165) is 14.8 Å². The van der Waals surface area contributed by atoms with Crippen molar-refractivity contribution in [2.24, 2.45) is 0 Å². The van der Waals surface area contributed by atoms with E-state index < -0.39 is 0 Å². The van der Waals surface area contributed by atoms with Crippen LogP contribution in [0.2, 0.25) is 0 Å². The predicted molar refractivity (Wildman–Crippen MR) is 90.3 cm³/mol. The van der Waals surface area contributed by atoms with E-state index in [9.17, 15) is 0 Å². The minimum absolute atomic E-state index is 1.04. The third kappa shape index (κ3) is 1.86. The molecule has 2 heterocycles. The van der Waals surface area contributed by atoms with Crippen LogP contribution in [0.15, 0.2) is 64.5 Å². The van der Waals surface area contributed by atoms with Gasteiger partial charge in [-0.1, -0.05) is 46.3 Å². The standard InChI is InChI=1S/C17H10BrNS/c18-12-6-7-15-14(10-12)16(11-4-2-1-3-5-11)13-8-9-20-17(13)19-15/h1-10H. The average molecular weight is 340 g/mol. The molecule has 0 atom stereocenters. The van der Waals surface area contributed by atoms with E-state index in [1.54, 1.807) is 11.3 Å². The fraction of sp³-hybridized carbons (Fsp3) is 0. The summed E-state index contributed by atoms with van der Waals surface area (Å²) in [6.07, 6.45) is 0. The van der Waals surface area contributed by atoms with E-state index in [1.165, 1.54) is 21.9 Å². The van der Waals surface area contributed by atoms with E-state index in [2.05, 4.69) is 63.8 Å². The van der Waals surface area contributed by atoms with Gasteiger partial charge in [-0.3, -0.25) is 0 Å². The number of hydrogen-bond donors (Lipinski definition) is 0. The lowest BCUT2D eigenvalue weighted by Crippen LogP contribution is -1.86. The zero-order valence-electron chi connectivity index (χ0n) is 10.5. The molecule has 2 aromatic carbocycles. The Kier molecular flexibility index (Phi) is 2.83. The van der Waals surface area contributed by atoms with Crippen LogP contribution in [0, 0.1) is 0 Å². The number of pyridine rings is 1. The van der Waals surface area contributed by atoms with Gasteiger partial charge in [0.15, 0.2) is 0 Å². The summed E-state index contributed by atoms with van der Waals surface area (Å²) >= 11 is 5.26. The monoisotopic (exact) mass is 339 g/mol. The highest BCUT2D eigenvalue weighted by Gasteiger charge is 2.12. The number of rotatable bonds is 1. The third-order valence-electron chi connectivity index (χ3n) is 3.43. The Morgan fingerprint density at radius 2 is 1.75 bits per heavy atom. The molecule has 0 saturated heterocycles. The van der Waals surface area contributed by atoms with Gasteiger partial charge in [0.2, 0.25) is 0 Å². The Hall–Kier alpha value is -1.71. The summed E-state index contributed by atoms with van der Waals surface area (Å²) in [4.78, 5) is 5.86. The molecule has 3 heteroatoms. The Bertz CT molecular complexity index is 912. The maximum absolute atomic E-state index is 4.76. The molecule has 0 radical (unpaired) electrons. The molecule has 4 aromatic rings. The molecule has 0 spiro atoms. The Morgan fingerprint density at radius 1 is 0.900 bits per heavy atom. The van der Waals surface area contributed by atoms with Gasteiger partial charge >= 0.3 is 0 Å². The molecule has 0 amide bonds. The molecule has 0 aliphatic heterocycles. The molecule has 1 nitrogen and oxygen atoms in total. The van der Waals surface area contributed by atoms with Gasteiger partial charge in [-0.2, -0.15) is 0 Å². The molecule has 0 fully saturated rings. The van der Waals surface area contributed by atoms with Crippen LogP contribution in [0.25, 0.3) is 32.2 Å². The molecular formula is C17H10BrNS. The van der Waals surface area contributed by atoms with E-state index in [4.69, 9.17) is 4.98 Å². The molecule has 4 rings (SSSR count). The molecular weight excluding hydrogens is 330 g/mol. The van der Waals surface area contributed by atoms with Crippen LogP contribution in [0.1, 0.15) is 0 Å². The highest BCUT2D eigenvalue weighted by Crippen LogP contribution is 2.37. The fourth-order valence-corrected chi connectivity index (χ4v) is 3.70. The molecule has 0 aliphatic rings. The Balaban J connectivity index is 2.23. The van der Waals surface area contributed by atoms with Gasteiger partial charge in [0.05, 0.1) is 5.52 Å². The number of benzene rings is 2. The predicted octanol–water partition coefficient (Wildman–Crippen LogP) is 5.88. The second kappa shape index (κ2) is 4.69. The number of hydrogen-bond acceptors (Lipinski definition) is 2. The lowest BCUT2D eigenvalue weighted by Gasteiger charge is -2.09. The van der Waals surface area contributed by atoms with Crippen LogP contribution in [-0.2, 0) is 0 Å². The van der Waals surface area contributed by atoms with Crippen molar-refractivity contribution in [3.8, 4) is 11.1 Å². The summed E-state index contributed by atoms with van der Waals surface area (Å²) in [5.41, 5.74) is 3.55. The number of fused-ring (bicyclic) bond motifs is 2. The maximum atomic E-state index is 4.76. The fourth-order valence-electron chi connectivity index (χ4n) is 2.55. The van der Waals surface area contributed by atoms with E-state index >= 15 is 0 Å². The summed E-state index contributed by atoms with van der Waals surface area (Å²) < 4.78 is 1.08. The van der Waals surface area contributed by atoms with E-state index in [0.29, 0.717) is 0 Å². The van der Waals surface area contributed by atoms with Gasteiger partial charge in [-0.05, 0) is 35.2 Å². The first-order valence-electron chi connectivity index (χ1n) is 6.35. The van der Waals surface area contributed by atoms with Crippen LogP contribution in [0.3, 0.4) is 0 Å². The molecule has 0 aliphatic carbocycles. The second-order valence-electron chi connectivity index (χ2n) is 4.65. The van der Waals surface area contributed by atoms with Gasteiger partial charge in [0.1, 0.15) is 4.83 Å². The molecule has 0 unspecified atom stereocenters. The molecule has 20 heavy (non-hydrogen) atoms. The summed E-state index contributed by atoms with van der Waals surface area (Å²) in [5.74, 6) is 0. The maximum Gasteiger partial charge on any atom is 0.124 e. The Labute approximate surface area is 129 Å². The summed E-state index contributed by atoms with van der Waals surface area (Å²) in [6, 6.07) is 19.0. The van der Waals surface area contributed by atoms with Gasteiger partial charge in [-0.25, -0.2) is 4.98 Å². The van der Waals surface area contributed by atoms with Crippen molar-refractivity contribution in [2.45, 2.75) is 0 Å². The first-order chi connectivity index (χ1) is 9.83. The van der Waals surface area contributed by atoms with Crippen LogP contribution in [0.4, 0.5) is 0 Å². The number of nitrogens with zero attached hydrogens (tertiary/aromatic N) is 1. The minimum Gasteiger partial charge on any atom is -0.237 e. The third-order valence-corrected chi connectivity index (χ3v) is 4.73. The van der Waals surface area contributed by atoms with Crippen LogP contribution in [0.5, 0.6) is 0 Å². The lowest BCUT2D eigenvalue weighted by molar-refractivity contribution is 1.52. The van der Waals surface area contributed by atoms with Crippen molar-refractivity contribution in [3.05, 3.63) is 64.5 Å². The number of aromatic nitrogens is 1. The molecule has 2 aromatic heterocycles. The summed E-state index contributed by atoms with van der Waals surface area (Å²) in [7, 11) is 0. The number of halogens is 1. The van der Waals surface area contributed by atoms with E-state index in [1.807, 2.05) is 12.1 Å². The molecule has 0 bridgehead atoms. The second-order valence-corrected chi connectivity index (χ2v) is 6.46. The molecule has 0 N–H and O–H groups in total. The van der Waals surface area contributed by atoms with Gasteiger partial charge in [-0.15, -0.1) is 11.3 Å². The lowest BCUT2D eigenvalue weighted by atomic mass is 9.98. The Morgan fingerprint density at radius 3 is 2.60 bits per heavy atom. The SMILES string of the molecule is Brc1ccc2nc3sccc3c(-c3ccccc3)c2c1. The largest absolute Gasteiger partial charge is 0.237 e. The van der Waals surface area contributed by atoms with Crippen LogP contribution >= 0.6 is 27.3 Å². The first kappa shape index (κ1) is 12.1. The topological polar surface area (TPSA) is 12.9 Å². The minimum atomic E-state index is 1.04. The average Bonchev–Trinajstić information content (AvgIpc) is 2.93. The highest BCUT2D eigenvalue weighted by atomic mass is 79.9. The van der Waals surface area contributed by atoms with Crippen molar-refractivity contribution in [1.82, 2.24) is 4.98 Å². The summed E-state index contributed by atoms with van der Waals surface area (Å²) in [6.45, 7) is 0. The zero-order chi connectivity index (χ0) is 13.5. The van der Waals surface area contributed by atoms with Gasteiger partial charge in [0.25, 0.3) is 0 Å². The van der Waals surface area contributed by atoms with E-state index in [-0.39, 0.29) is 0 Å². The highest BCUT2D eigenvalue weighted by molar-refractivity contribution is 9.10. The molecule has 96 valence electrons. The first-order valence-corrected chi connectivity index (χ1v) is 8.02. The van der Waals surface area contributed by atoms with Gasteiger partial charge < -0.3 is 0 Å². The van der Waals surface area contributed by atoms with Crippen LogP contribution in [-0.4, -0.2) is 4.98 Å².